The number of likely N-dealkylation sites (tertiary alicyclic amines) is 1. The molecule has 1 amide bonds. The molecule has 2 heterocycles. The molecule has 4 nitrogen and oxygen atoms in total. The second-order valence-electron chi connectivity index (χ2n) is 4.88. The van der Waals surface area contributed by atoms with E-state index in [9.17, 15) is 4.79 Å². The number of halogens is 1. The van der Waals surface area contributed by atoms with Gasteiger partial charge in [-0.15, -0.1) is 0 Å². The van der Waals surface area contributed by atoms with Crippen LogP contribution in [0.3, 0.4) is 0 Å². The van der Waals surface area contributed by atoms with Gasteiger partial charge in [0, 0.05) is 30.0 Å². The number of hydrogen-bond donors (Lipinski definition) is 1. The zero-order chi connectivity index (χ0) is 12.5. The molecular formula is C12H16BrN3O. The molecule has 5 heteroatoms. The highest BCUT2D eigenvalue weighted by Crippen LogP contribution is 2.29. The molecule has 1 saturated heterocycles. The smallest absolute Gasteiger partial charge is 0.255 e. The van der Waals surface area contributed by atoms with Crippen molar-refractivity contribution in [1.82, 2.24) is 9.88 Å². The zero-order valence-electron chi connectivity index (χ0n) is 9.82. The van der Waals surface area contributed by atoms with Gasteiger partial charge < -0.3 is 10.6 Å². The Bertz CT molecular complexity index is 438. The number of aromatic nitrogens is 1. The molecule has 1 aliphatic rings. The van der Waals surface area contributed by atoms with Gasteiger partial charge in [-0.1, -0.05) is 6.92 Å². The molecule has 1 aliphatic heterocycles. The van der Waals surface area contributed by atoms with Gasteiger partial charge >= 0.3 is 0 Å². The third kappa shape index (κ3) is 2.66. The monoisotopic (exact) mass is 297 g/mol. The first-order valence-corrected chi connectivity index (χ1v) is 6.43. The number of hydrogen-bond acceptors (Lipinski definition) is 3. The summed E-state index contributed by atoms with van der Waals surface area (Å²) >= 11 is 3.32. The molecule has 0 bridgehead atoms. The van der Waals surface area contributed by atoms with Crippen molar-refractivity contribution in [3.05, 3.63) is 28.5 Å². The lowest BCUT2D eigenvalue weighted by atomic mass is 9.90. The number of nitrogens with zero attached hydrogens (tertiary/aromatic N) is 2. The molecule has 1 unspecified atom stereocenters. The van der Waals surface area contributed by atoms with Gasteiger partial charge in [-0.25, -0.2) is 0 Å². The Morgan fingerprint density at radius 3 is 3.00 bits per heavy atom. The summed E-state index contributed by atoms with van der Waals surface area (Å²) in [5.41, 5.74) is 6.43. The van der Waals surface area contributed by atoms with E-state index in [2.05, 4.69) is 27.8 Å². The van der Waals surface area contributed by atoms with E-state index in [1.165, 1.54) is 0 Å². The second-order valence-corrected chi connectivity index (χ2v) is 5.80. The Balaban J connectivity index is 2.12. The normalized spacial score (nSPS) is 24.1. The Hall–Kier alpha value is -0.940. The average molecular weight is 298 g/mol. The van der Waals surface area contributed by atoms with Crippen LogP contribution >= 0.6 is 15.9 Å². The van der Waals surface area contributed by atoms with Crippen molar-refractivity contribution in [3.63, 3.8) is 0 Å². The summed E-state index contributed by atoms with van der Waals surface area (Å²) in [5.74, 6) is 0.0379. The van der Waals surface area contributed by atoms with Gasteiger partial charge in [-0.2, -0.15) is 0 Å². The van der Waals surface area contributed by atoms with Gasteiger partial charge in [0.1, 0.15) is 0 Å². The van der Waals surface area contributed by atoms with Gasteiger partial charge in [0.25, 0.3) is 5.91 Å². The molecule has 1 aromatic rings. The highest BCUT2D eigenvalue weighted by atomic mass is 79.9. The largest absolute Gasteiger partial charge is 0.338 e. The van der Waals surface area contributed by atoms with E-state index < -0.39 is 0 Å². The van der Waals surface area contributed by atoms with Crippen LogP contribution in [-0.2, 0) is 0 Å². The van der Waals surface area contributed by atoms with Crippen LogP contribution in [0.25, 0.3) is 0 Å². The maximum atomic E-state index is 12.2. The van der Waals surface area contributed by atoms with Crippen molar-refractivity contribution in [1.29, 1.82) is 0 Å². The molecule has 1 atom stereocenters. The molecule has 0 spiro atoms. The highest BCUT2D eigenvalue weighted by molar-refractivity contribution is 9.10. The Kier molecular flexibility index (Phi) is 3.49. The lowest BCUT2D eigenvalue weighted by Gasteiger charge is -2.22. The van der Waals surface area contributed by atoms with Gasteiger partial charge in [-0.3, -0.25) is 9.78 Å². The van der Waals surface area contributed by atoms with Gasteiger partial charge in [0.05, 0.1) is 5.56 Å². The summed E-state index contributed by atoms with van der Waals surface area (Å²) < 4.78 is 0.823. The highest BCUT2D eigenvalue weighted by Gasteiger charge is 2.35. The van der Waals surface area contributed by atoms with Crippen LogP contribution in [0.4, 0.5) is 0 Å². The third-order valence-corrected chi connectivity index (χ3v) is 3.72. The second kappa shape index (κ2) is 4.74. The van der Waals surface area contributed by atoms with Crippen LogP contribution in [0.1, 0.15) is 23.7 Å². The van der Waals surface area contributed by atoms with Crippen molar-refractivity contribution in [3.8, 4) is 0 Å². The molecule has 1 fully saturated rings. The van der Waals surface area contributed by atoms with Crippen molar-refractivity contribution in [2.75, 3.05) is 19.6 Å². The number of nitrogens with two attached hydrogens (primary N) is 1. The Morgan fingerprint density at radius 1 is 1.65 bits per heavy atom. The standard InChI is InChI=1S/C12H16BrN3O/c1-12(7-14)2-3-16(8-12)11(17)9-4-10(13)6-15-5-9/h4-6H,2-3,7-8,14H2,1H3. The Labute approximate surface area is 109 Å². The molecule has 2 rings (SSSR count). The molecule has 0 aromatic carbocycles. The molecule has 0 aliphatic carbocycles. The molecule has 2 N–H and O–H groups in total. The fraction of sp³-hybridized carbons (Fsp3) is 0.500. The van der Waals surface area contributed by atoms with Gasteiger partial charge in [-0.05, 0) is 40.4 Å². The third-order valence-electron chi connectivity index (χ3n) is 3.29. The lowest BCUT2D eigenvalue weighted by Crippen LogP contribution is -2.34. The molecule has 17 heavy (non-hydrogen) atoms. The summed E-state index contributed by atoms with van der Waals surface area (Å²) in [7, 11) is 0. The number of rotatable bonds is 2. The van der Waals surface area contributed by atoms with E-state index in [-0.39, 0.29) is 11.3 Å². The fourth-order valence-electron chi connectivity index (χ4n) is 2.08. The van der Waals surface area contributed by atoms with Crippen LogP contribution in [0.15, 0.2) is 22.9 Å². The first kappa shape index (κ1) is 12.5. The number of carbonyl (C=O) groups is 1. The lowest BCUT2D eigenvalue weighted by molar-refractivity contribution is 0.0776. The molecule has 1 aromatic heterocycles. The molecular weight excluding hydrogens is 282 g/mol. The van der Waals surface area contributed by atoms with Gasteiger partial charge in [0.15, 0.2) is 0 Å². The van der Waals surface area contributed by atoms with E-state index >= 15 is 0 Å². The van der Waals surface area contributed by atoms with Crippen LogP contribution in [0.2, 0.25) is 0 Å². The predicted molar refractivity (Wildman–Crippen MR) is 69.6 cm³/mol. The summed E-state index contributed by atoms with van der Waals surface area (Å²) in [6.45, 7) is 4.25. The molecule has 92 valence electrons. The van der Waals surface area contributed by atoms with E-state index in [1.54, 1.807) is 18.5 Å². The number of amides is 1. The first-order chi connectivity index (χ1) is 8.04. The SMILES string of the molecule is CC1(CN)CCN(C(=O)c2cncc(Br)c2)C1. The first-order valence-electron chi connectivity index (χ1n) is 5.64. The Morgan fingerprint density at radius 2 is 2.41 bits per heavy atom. The number of pyridine rings is 1. The quantitative estimate of drug-likeness (QED) is 0.903. The van der Waals surface area contributed by atoms with E-state index in [1.807, 2.05) is 4.90 Å². The van der Waals surface area contributed by atoms with Crippen LogP contribution in [-0.4, -0.2) is 35.4 Å². The van der Waals surface area contributed by atoms with E-state index in [4.69, 9.17) is 5.73 Å². The van der Waals surface area contributed by atoms with Crippen molar-refractivity contribution in [2.24, 2.45) is 11.1 Å². The molecule has 0 radical (unpaired) electrons. The fourth-order valence-corrected chi connectivity index (χ4v) is 2.44. The summed E-state index contributed by atoms with van der Waals surface area (Å²) in [5, 5.41) is 0. The van der Waals surface area contributed by atoms with E-state index in [0.29, 0.717) is 12.1 Å². The van der Waals surface area contributed by atoms with Crippen molar-refractivity contribution in [2.45, 2.75) is 13.3 Å². The predicted octanol–water partition coefficient (Wildman–Crippen LogP) is 1.66. The minimum atomic E-state index is 0.0379. The maximum absolute atomic E-state index is 12.2. The van der Waals surface area contributed by atoms with Crippen LogP contribution in [0, 0.1) is 5.41 Å². The van der Waals surface area contributed by atoms with Crippen molar-refractivity contribution < 1.29 is 4.79 Å². The average Bonchev–Trinajstić information content (AvgIpc) is 2.72. The van der Waals surface area contributed by atoms with Crippen LogP contribution in [0.5, 0.6) is 0 Å². The number of carbonyl (C=O) groups excluding carboxylic acids is 1. The summed E-state index contributed by atoms with van der Waals surface area (Å²) in [6.07, 6.45) is 4.24. The minimum absolute atomic E-state index is 0.0379. The van der Waals surface area contributed by atoms with Crippen LogP contribution < -0.4 is 5.73 Å². The minimum Gasteiger partial charge on any atom is -0.338 e. The maximum Gasteiger partial charge on any atom is 0.255 e. The van der Waals surface area contributed by atoms with Crippen molar-refractivity contribution >= 4 is 21.8 Å². The summed E-state index contributed by atoms with van der Waals surface area (Å²) in [6, 6.07) is 1.80. The van der Waals surface area contributed by atoms with Gasteiger partial charge in [0.2, 0.25) is 0 Å². The summed E-state index contributed by atoms with van der Waals surface area (Å²) in [4.78, 5) is 18.1. The topological polar surface area (TPSA) is 59.2 Å². The van der Waals surface area contributed by atoms with E-state index in [0.717, 1.165) is 24.0 Å². The zero-order valence-corrected chi connectivity index (χ0v) is 11.4. The molecule has 0 saturated carbocycles.